The van der Waals surface area contributed by atoms with Crippen molar-refractivity contribution in [3.63, 3.8) is 0 Å². The van der Waals surface area contributed by atoms with Gasteiger partial charge in [-0.15, -0.1) is 0 Å². The monoisotopic (exact) mass is 379 g/mol. The summed E-state index contributed by atoms with van der Waals surface area (Å²) in [5.41, 5.74) is 5.16. The number of amides is 1. The normalized spacial score (nSPS) is 23.5. The number of carbonyl (C=O) groups is 1. The number of rotatable bonds is 4. The number of hydrogen-bond acceptors (Lipinski definition) is 3. The number of benzene rings is 2. The van der Waals surface area contributed by atoms with E-state index in [1.165, 1.54) is 12.1 Å². The molecule has 0 heterocycles. The van der Waals surface area contributed by atoms with E-state index < -0.39 is 38.0 Å². The second-order valence-electron chi connectivity index (χ2n) is 6.61. The number of primary amides is 1. The van der Waals surface area contributed by atoms with Crippen molar-refractivity contribution < 1.29 is 22.0 Å². The number of sulfone groups is 1. The van der Waals surface area contributed by atoms with Gasteiger partial charge < -0.3 is 5.73 Å². The summed E-state index contributed by atoms with van der Waals surface area (Å²) in [6, 6.07) is 10.6. The minimum absolute atomic E-state index is 0.00178. The van der Waals surface area contributed by atoms with E-state index in [0.717, 1.165) is 18.2 Å². The van der Waals surface area contributed by atoms with Crippen LogP contribution in [0.3, 0.4) is 0 Å². The smallest absolute Gasteiger partial charge is 0.220 e. The quantitative estimate of drug-likeness (QED) is 0.885. The lowest BCUT2D eigenvalue weighted by molar-refractivity contribution is -0.122. The molecule has 0 unspecified atom stereocenters. The van der Waals surface area contributed by atoms with E-state index in [9.17, 15) is 22.0 Å². The third kappa shape index (κ3) is 3.00. The summed E-state index contributed by atoms with van der Waals surface area (Å²) in [5.74, 6) is -2.45. The van der Waals surface area contributed by atoms with Gasteiger partial charge in [-0.25, -0.2) is 17.2 Å². The Hall–Kier alpha value is -2.28. The zero-order valence-corrected chi connectivity index (χ0v) is 14.8. The van der Waals surface area contributed by atoms with Crippen LogP contribution >= 0.6 is 0 Å². The molecule has 1 saturated carbocycles. The number of halogens is 2. The van der Waals surface area contributed by atoms with Gasteiger partial charge in [0.2, 0.25) is 5.91 Å². The highest BCUT2D eigenvalue weighted by Crippen LogP contribution is 2.49. The van der Waals surface area contributed by atoms with Crippen molar-refractivity contribution in [2.45, 2.75) is 35.3 Å². The lowest BCUT2D eigenvalue weighted by Crippen LogP contribution is -2.42. The number of nitrogens with two attached hydrogens (primary N) is 1. The summed E-state index contributed by atoms with van der Waals surface area (Å²) in [6.07, 6.45) is 0.408. The molecule has 138 valence electrons. The van der Waals surface area contributed by atoms with Gasteiger partial charge in [0.15, 0.2) is 9.84 Å². The molecule has 3 rings (SSSR count). The number of hydrogen-bond donors (Lipinski definition) is 1. The molecule has 0 bridgehead atoms. The third-order valence-corrected chi connectivity index (χ3v) is 7.73. The lowest BCUT2D eigenvalue weighted by atomic mass is 9.77. The molecule has 0 saturated heterocycles. The Bertz CT molecular complexity index is 921. The predicted molar refractivity (Wildman–Crippen MR) is 92.8 cm³/mol. The second kappa shape index (κ2) is 6.79. The zero-order chi connectivity index (χ0) is 18.9. The molecular weight excluding hydrogens is 360 g/mol. The maximum atomic E-state index is 14.6. The van der Waals surface area contributed by atoms with Crippen LogP contribution in [0.4, 0.5) is 8.78 Å². The molecule has 1 aliphatic rings. The van der Waals surface area contributed by atoms with Gasteiger partial charge in [0, 0.05) is 11.5 Å². The van der Waals surface area contributed by atoms with Crippen molar-refractivity contribution in [2.75, 3.05) is 0 Å². The first-order valence-electron chi connectivity index (χ1n) is 8.32. The summed E-state index contributed by atoms with van der Waals surface area (Å²) in [6.45, 7) is 0. The number of carbonyl (C=O) groups excluding carboxylic acids is 1. The van der Waals surface area contributed by atoms with Crippen LogP contribution in [0.1, 0.15) is 31.2 Å². The minimum Gasteiger partial charge on any atom is -0.369 e. The van der Waals surface area contributed by atoms with Crippen LogP contribution in [0.15, 0.2) is 53.4 Å². The predicted octanol–water partition coefficient (Wildman–Crippen LogP) is 3.31. The first kappa shape index (κ1) is 18.5. The Labute approximate surface area is 150 Å². The third-order valence-electron chi connectivity index (χ3n) is 5.18. The average Bonchev–Trinajstić information content (AvgIpc) is 2.64. The molecule has 0 aliphatic heterocycles. The highest BCUT2D eigenvalue weighted by Gasteiger charge is 2.50. The van der Waals surface area contributed by atoms with E-state index in [0.29, 0.717) is 0 Å². The Kier molecular flexibility index (Phi) is 4.84. The van der Waals surface area contributed by atoms with Crippen LogP contribution in [0.25, 0.3) is 0 Å². The molecule has 7 heteroatoms. The molecule has 1 fully saturated rings. The van der Waals surface area contributed by atoms with Gasteiger partial charge in [-0.3, -0.25) is 4.79 Å². The van der Waals surface area contributed by atoms with Crippen molar-refractivity contribution in [3.05, 3.63) is 65.7 Å². The Morgan fingerprint density at radius 2 is 1.65 bits per heavy atom. The van der Waals surface area contributed by atoms with Crippen molar-refractivity contribution in [1.82, 2.24) is 0 Å². The van der Waals surface area contributed by atoms with Crippen LogP contribution < -0.4 is 5.73 Å². The second-order valence-corrected chi connectivity index (χ2v) is 8.87. The van der Waals surface area contributed by atoms with Crippen LogP contribution in [0, 0.1) is 17.6 Å². The average molecular weight is 379 g/mol. The lowest BCUT2D eigenvalue weighted by Gasteiger charge is -2.39. The molecular formula is C19H19F2NO3S. The van der Waals surface area contributed by atoms with E-state index in [4.69, 9.17) is 5.73 Å². The molecule has 2 aromatic carbocycles. The van der Waals surface area contributed by atoms with Crippen molar-refractivity contribution >= 4 is 15.7 Å². The topological polar surface area (TPSA) is 77.2 Å². The molecule has 0 atom stereocenters. The molecule has 1 aliphatic carbocycles. The summed E-state index contributed by atoms with van der Waals surface area (Å²) in [5, 5.41) is 0. The summed E-state index contributed by atoms with van der Waals surface area (Å²) >= 11 is 0. The van der Waals surface area contributed by atoms with E-state index >= 15 is 0 Å². The van der Waals surface area contributed by atoms with Crippen molar-refractivity contribution in [3.8, 4) is 0 Å². The first-order valence-corrected chi connectivity index (χ1v) is 9.81. The molecule has 1 amide bonds. The molecule has 26 heavy (non-hydrogen) atoms. The van der Waals surface area contributed by atoms with Gasteiger partial charge in [-0.1, -0.05) is 18.2 Å². The van der Waals surface area contributed by atoms with Crippen LogP contribution in [0.2, 0.25) is 0 Å². The van der Waals surface area contributed by atoms with Crippen LogP contribution in [-0.4, -0.2) is 14.3 Å². The van der Waals surface area contributed by atoms with Gasteiger partial charge in [0.05, 0.1) is 4.90 Å². The molecule has 2 aromatic rings. The summed E-state index contributed by atoms with van der Waals surface area (Å²) in [4.78, 5) is 11.5. The molecule has 0 aromatic heterocycles. The van der Waals surface area contributed by atoms with E-state index in [1.54, 1.807) is 18.2 Å². The van der Waals surface area contributed by atoms with E-state index in [-0.39, 0.29) is 36.1 Å². The molecule has 4 nitrogen and oxygen atoms in total. The molecule has 2 N–H and O–H groups in total. The van der Waals surface area contributed by atoms with Crippen LogP contribution in [0.5, 0.6) is 0 Å². The summed E-state index contributed by atoms with van der Waals surface area (Å²) in [7, 11) is -4.02. The van der Waals surface area contributed by atoms with Crippen molar-refractivity contribution in [2.24, 2.45) is 11.7 Å². The Balaban J connectivity index is 2.18. The molecule has 0 radical (unpaired) electrons. The fraction of sp³-hybridized carbons (Fsp3) is 0.316. The Morgan fingerprint density at radius 3 is 2.23 bits per heavy atom. The van der Waals surface area contributed by atoms with Gasteiger partial charge in [-0.2, -0.15) is 0 Å². The highest BCUT2D eigenvalue weighted by molar-refractivity contribution is 7.92. The maximum Gasteiger partial charge on any atom is 0.220 e. The SMILES string of the molecule is NC(=O)C1CCC(c2cc(F)ccc2F)(S(=O)(=O)c2ccccc2)CC1. The largest absolute Gasteiger partial charge is 0.369 e. The van der Waals surface area contributed by atoms with E-state index in [1.807, 2.05) is 0 Å². The fourth-order valence-electron chi connectivity index (χ4n) is 3.72. The van der Waals surface area contributed by atoms with E-state index in [2.05, 4.69) is 0 Å². The van der Waals surface area contributed by atoms with Gasteiger partial charge in [-0.05, 0) is 56.0 Å². The minimum atomic E-state index is -4.02. The summed E-state index contributed by atoms with van der Waals surface area (Å²) < 4.78 is 53.7. The standard InChI is InChI=1S/C19H19F2NO3S/c20-14-6-7-17(21)16(12-14)19(10-8-13(9-11-19)18(22)23)26(24,25)15-4-2-1-3-5-15/h1-7,12-13H,8-11H2,(H2,22,23). The van der Waals surface area contributed by atoms with Gasteiger partial charge >= 0.3 is 0 Å². The zero-order valence-electron chi connectivity index (χ0n) is 14.0. The maximum absolute atomic E-state index is 14.6. The van der Waals surface area contributed by atoms with Crippen LogP contribution in [-0.2, 0) is 19.4 Å². The molecule has 0 spiro atoms. The Morgan fingerprint density at radius 1 is 1.04 bits per heavy atom. The van der Waals surface area contributed by atoms with Gasteiger partial charge in [0.1, 0.15) is 16.4 Å². The highest BCUT2D eigenvalue weighted by atomic mass is 32.2. The van der Waals surface area contributed by atoms with Crippen molar-refractivity contribution in [1.29, 1.82) is 0 Å². The first-order chi connectivity index (χ1) is 12.3. The fourth-order valence-corrected chi connectivity index (χ4v) is 5.91. The van der Waals surface area contributed by atoms with Gasteiger partial charge in [0.25, 0.3) is 0 Å².